The molecular weight excluding hydrogens is 272 g/mol. The van der Waals surface area contributed by atoms with Crippen LogP contribution in [-0.2, 0) is 6.54 Å². The van der Waals surface area contributed by atoms with Crippen LogP contribution in [-0.4, -0.2) is 10.6 Å². The van der Waals surface area contributed by atoms with Gasteiger partial charge in [-0.2, -0.15) is 0 Å². The highest BCUT2D eigenvalue weighted by molar-refractivity contribution is 5.45. The summed E-state index contributed by atoms with van der Waals surface area (Å²) >= 11 is 0. The van der Waals surface area contributed by atoms with Crippen molar-refractivity contribution in [3.8, 4) is 5.75 Å². The second-order valence-electron chi connectivity index (χ2n) is 6.83. The van der Waals surface area contributed by atoms with E-state index in [9.17, 15) is 0 Å². The molecule has 1 atom stereocenters. The van der Waals surface area contributed by atoms with Crippen molar-refractivity contribution in [3.63, 3.8) is 0 Å². The highest BCUT2D eigenvalue weighted by Gasteiger charge is 2.33. The van der Waals surface area contributed by atoms with Crippen molar-refractivity contribution in [3.05, 3.63) is 58.9 Å². The Morgan fingerprint density at radius 2 is 2.05 bits per heavy atom. The Kier molecular flexibility index (Phi) is 3.92. The predicted octanol–water partition coefficient (Wildman–Crippen LogP) is 4.09. The zero-order valence-corrected chi connectivity index (χ0v) is 13.8. The van der Waals surface area contributed by atoms with Gasteiger partial charge in [0.15, 0.2) is 0 Å². The van der Waals surface area contributed by atoms with Gasteiger partial charge in [0.2, 0.25) is 0 Å². The first-order chi connectivity index (χ1) is 10.4. The van der Waals surface area contributed by atoms with Crippen LogP contribution in [0.1, 0.15) is 48.6 Å². The Hall–Kier alpha value is -1.87. The number of ether oxygens (including phenoxy) is 1. The van der Waals surface area contributed by atoms with E-state index in [1.807, 2.05) is 18.5 Å². The molecule has 2 aromatic rings. The summed E-state index contributed by atoms with van der Waals surface area (Å²) in [5.41, 5.74) is 4.92. The number of nitrogens with one attached hydrogen (secondary N) is 1. The van der Waals surface area contributed by atoms with Crippen LogP contribution in [0.3, 0.4) is 0 Å². The molecule has 0 amide bonds. The van der Waals surface area contributed by atoms with Crippen LogP contribution in [0.4, 0.5) is 0 Å². The molecule has 0 saturated carbocycles. The van der Waals surface area contributed by atoms with E-state index in [0.29, 0.717) is 6.04 Å². The lowest BCUT2D eigenvalue weighted by Gasteiger charge is -2.38. The molecule has 0 fully saturated rings. The quantitative estimate of drug-likeness (QED) is 0.926. The lowest BCUT2D eigenvalue weighted by molar-refractivity contribution is 0.0656. The minimum absolute atomic E-state index is 0.151. The molecule has 0 spiro atoms. The molecule has 0 aliphatic carbocycles. The van der Waals surface area contributed by atoms with E-state index >= 15 is 0 Å². The van der Waals surface area contributed by atoms with Crippen molar-refractivity contribution < 1.29 is 4.74 Å². The number of hydrogen-bond donors (Lipinski definition) is 1. The molecule has 1 unspecified atom stereocenters. The second kappa shape index (κ2) is 5.73. The molecule has 0 bridgehead atoms. The smallest absolute Gasteiger partial charge is 0.125 e. The standard InChI is InChI=1S/C19H24N2O/c1-13-8-16-17(21-12-15-6-5-7-20-11-15)10-19(3,4)22-18(16)9-14(13)2/h5-9,11,17,21H,10,12H2,1-4H3. The maximum Gasteiger partial charge on any atom is 0.125 e. The maximum absolute atomic E-state index is 6.19. The summed E-state index contributed by atoms with van der Waals surface area (Å²) in [6.45, 7) is 9.43. The topological polar surface area (TPSA) is 34.2 Å². The molecule has 22 heavy (non-hydrogen) atoms. The molecule has 2 heterocycles. The minimum Gasteiger partial charge on any atom is -0.487 e. The SMILES string of the molecule is Cc1cc2c(cc1C)C(NCc1cccnc1)CC(C)(C)O2. The molecule has 1 aromatic heterocycles. The van der Waals surface area contributed by atoms with Gasteiger partial charge < -0.3 is 10.1 Å². The third-order valence-electron chi connectivity index (χ3n) is 4.36. The van der Waals surface area contributed by atoms with Crippen LogP contribution >= 0.6 is 0 Å². The Balaban J connectivity index is 1.86. The number of hydrogen-bond acceptors (Lipinski definition) is 3. The highest BCUT2D eigenvalue weighted by atomic mass is 16.5. The van der Waals surface area contributed by atoms with Crippen LogP contribution in [0.2, 0.25) is 0 Å². The predicted molar refractivity (Wildman–Crippen MR) is 89.1 cm³/mol. The molecule has 116 valence electrons. The molecule has 1 aromatic carbocycles. The fourth-order valence-electron chi connectivity index (χ4n) is 3.04. The number of benzene rings is 1. The Morgan fingerprint density at radius 1 is 1.27 bits per heavy atom. The normalized spacial score (nSPS) is 19.4. The van der Waals surface area contributed by atoms with Gasteiger partial charge in [-0.1, -0.05) is 12.1 Å². The second-order valence-corrected chi connectivity index (χ2v) is 6.83. The average Bonchev–Trinajstić information content (AvgIpc) is 2.47. The van der Waals surface area contributed by atoms with E-state index in [1.54, 1.807) is 0 Å². The van der Waals surface area contributed by atoms with Gasteiger partial charge in [0.05, 0.1) is 0 Å². The summed E-state index contributed by atoms with van der Waals surface area (Å²) in [6.07, 6.45) is 4.68. The first-order valence-electron chi connectivity index (χ1n) is 7.87. The van der Waals surface area contributed by atoms with Crippen molar-refractivity contribution in [2.45, 2.75) is 52.3 Å². The van der Waals surface area contributed by atoms with Crippen LogP contribution in [0, 0.1) is 13.8 Å². The first kappa shape index (κ1) is 15.0. The van der Waals surface area contributed by atoms with Crippen LogP contribution in [0.25, 0.3) is 0 Å². The summed E-state index contributed by atoms with van der Waals surface area (Å²) in [5.74, 6) is 1.02. The number of fused-ring (bicyclic) bond motifs is 1. The van der Waals surface area contributed by atoms with Gasteiger partial charge in [0.1, 0.15) is 11.4 Å². The van der Waals surface area contributed by atoms with E-state index in [2.05, 4.69) is 56.2 Å². The summed E-state index contributed by atoms with van der Waals surface area (Å²) in [5, 5.41) is 3.68. The van der Waals surface area contributed by atoms with Gasteiger partial charge in [0, 0.05) is 37.0 Å². The molecule has 1 aliphatic rings. The third-order valence-corrected chi connectivity index (χ3v) is 4.36. The van der Waals surface area contributed by atoms with Crippen LogP contribution < -0.4 is 10.1 Å². The van der Waals surface area contributed by atoms with Crippen molar-refractivity contribution in [1.29, 1.82) is 0 Å². The molecule has 3 rings (SSSR count). The number of aromatic nitrogens is 1. The summed E-state index contributed by atoms with van der Waals surface area (Å²) in [4.78, 5) is 4.18. The monoisotopic (exact) mass is 296 g/mol. The number of pyridine rings is 1. The summed E-state index contributed by atoms with van der Waals surface area (Å²) < 4.78 is 6.19. The lowest BCUT2D eigenvalue weighted by Crippen LogP contribution is -2.39. The zero-order valence-electron chi connectivity index (χ0n) is 13.8. The van der Waals surface area contributed by atoms with Gasteiger partial charge in [0.25, 0.3) is 0 Å². The fraction of sp³-hybridized carbons (Fsp3) is 0.421. The minimum atomic E-state index is -0.151. The highest BCUT2D eigenvalue weighted by Crippen LogP contribution is 2.40. The van der Waals surface area contributed by atoms with E-state index in [0.717, 1.165) is 18.7 Å². The molecule has 1 aliphatic heterocycles. The zero-order chi connectivity index (χ0) is 15.7. The summed E-state index contributed by atoms with van der Waals surface area (Å²) in [7, 11) is 0. The molecule has 0 saturated heterocycles. The van der Waals surface area contributed by atoms with Crippen LogP contribution in [0.15, 0.2) is 36.7 Å². The van der Waals surface area contributed by atoms with Crippen molar-refractivity contribution in [1.82, 2.24) is 10.3 Å². The van der Waals surface area contributed by atoms with E-state index in [-0.39, 0.29) is 5.60 Å². The number of nitrogens with zero attached hydrogens (tertiary/aromatic N) is 1. The Labute approximate surface area is 132 Å². The molecule has 3 nitrogen and oxygen atoms in total. The Bertz CT molecular complexity index is 665. The summed E-state index contributed by atoms with van der Waals surface area (Å²) in [6, 6.07) is 8.82. The molecular formula is C19H24N2O. The van der Waals surface area contributed by atoms with Crippen LogP contribution in [0.5, 0.6) is 5.75 Å². The van der Waals surface area contributed by atoms with Crippen molar-refractivity contribution in [2.75, 3.05) is 0 Å². The molecule has 3 heteroatoms. The number of rotatable bonds is 3. The maximum atomic E-state index is 6.19. The molecule has 1 N–H and O–H groups in total. The third kappa shape index (κ3) is 3.14. The molecule has 0 radical (unpaired) electrons. The van der Waals surface area contributed by atoms with E-state index in [1.165, 1.54) is 22.3 Å². The average molecular weight is 296 g/mol. The lowest BCUT2D eigenvalue weighted by atomic mass is 9.88. The van der Waals surface area contributed by atoms with E-state index in [4.69, 9.17) is 4.74 Å². The van der Waals surface area contributed by atoms with Gasteiger partial charge in [-0.25, -0.2) is 0 Å². The Morgan fingerprint density at radius 3 is 2.77 bits per heavy atom. The van der Waals surface area contributed by atoms with E-state index < -0.39 is 0 Å². The first-order valence-corrected chi connectivity index (χ1v) is 7.87. The van der Waals surface area contributed by atoms with Gasteiger partial charge in [-0.05, 0) is 56.5 Å². The van der Waals surface area contributed by atoms with Gasteiger partial charge in [-0.3, -0.25) is 4.98 Å². The fourth-order valence-corrected chi connectivity index (χ4v) is 3.04. The van der Waals surface area contributed by atoms with Crippen molar-refractivity contribution >= 4 is 0 Å². The van der Waals surface area contributed by atoms with Gasteiger partial charge >= 0.3 is 0 Å². The number of aryl methyl sites for hydroxylation is 2. The van der Waals surface area contributed by atoms with Gasteiger partial charge in [-0.15, -0.1) is 0 Å². The largest absolute Gasteiger partial charge is 0.487 e. The van der Waals surface area contributed by atoms with Crippen molar-refractivity contribution in [2.24, 2.45) is 0 Å².